The molecule has 1 saturated heterocycles. The number of aliphatic hydroxyl groups is 1. The molecule has 0 aromatic heterocycles. The van der Waals surface area contributed by atoms with Crippen molar-refractivity contribution in [1.82, 2.24) is 0 Å². The highest BCUT2D eigenvalue weighted by Crippen LogP contribution is 2.74. The second-order valence-corrected chi connectivity index (χ2v) is 10.8. The number of carbonyl (C=O) groups is 1. The molecule has 1 aliphatic heterocycles. The highest BCUT2D eigenvalue weighted by molar-refractivity contribution is 5.79. The number of carbonyl (C=O) groups excluding carboxylic acids is 1. The summed E-state index contributed by atoms with van der Waals surface area (Å²) in [5.74, 6) is 3.28. The molecule has 1 heterocycles. The molecule has 5 rings (SSSR count). The van der Waals surface area contributed by atoms with Gasteiger partial charge in [0.2, 0.25) is 0 Å². The van der Waals surface area contributed by atoms with Crippen molar-refractivity contribution >= 4 is 5.78 Å². The zero-order valence-corrected chi connectivity index (χ0v) is 16.3. The van der Waals surface area contributed by atoms with E-state index in [9.17, 15) is 9.90 Å². The summed E-state index contributed by atoms with van der Waals surface area (Å²) in [6.45, 7) is 9.04. The summed E-state index contributed by atoms with van der Waals surface area (Å²) in [5, 5.41) is 10.4. The number of fused-ring (bicyclic) bond motifs is 4. The Labute approximate surface area is 151 Å². The van der Waals surface area contributed by atoms with Gasteiger partial charge in [-0.3, -0.25) is 4.79 Å². The number of hydrogen-bond donors (Lipinski definition) is 1. The Bertz CT molecular complexity index is 616. The summed E-state index contributed by atoms with van der Waals surface area (Å²) in [6.07, 6.45) is 7.81. The molecule has 5 aliphatic rings. The average molecular weight is 347 g/mol. The predicted octanol–water partition coefficient (Wildman–Crippen LogP) is 3.97. The maximum absolute atomic E-state index is 12.4. The first-order chi connectivity index (χ1) is 11.7. The van der Waals surface area contributed by atoms with E-state index in [-0.39, 0.29) is 28.5 Å². The molecule has 0 unspecified atom stereocenters. The molecular formula is C22H34O3. The molecule has 0 aromatic carbocycles. The number of ether oxygens (including phenoxy) is 1. The monoisotopic (exact) mass is 346 g/mol. The van der Waals surface area contributed by atoms with Gasteiger partial charge in [0.25, 0.3) is 0 Å². The van der Waals surface area contributed by atoms with Gasteiger partial charge in [0.1, 0.15) is 11.4 Å². The van der Waals surface area contributed by atoms with Crippen LogP contribution < -0.4 is 0 Å². The smallest absolute Gasteiger partial charge is 0.133 e. The molecule has 0 amide bonds. The van der Waals surface area contributed by atoms with Gasteiger partial charge in [0.15, 0.2) is 0 Å². The fourth-order valence-corrected chi connectivity index (χ4v) is 8.91. The van der Waals surface area contributed by atoms with Crippen molar-refractivity contribution in [2.24, 2.45) is 40.4 Å². The summed E-state index contributed by atoms with van der Waals surface area (Å²) in [7, 11) is 0. The Morgan fingerprint density at radius 2 is 1.92 bits per heavy atom. The molecule has 3 nitrogen and oxygen atoms in total. The van der Waals surface area contributed by atoms with Gasteiger partial charge >= 0.3 is 0 Å². The number of Topliss-reactive ketones (excluding diaryl/α,β-unsaturated/α-hetero) is 1. The van der Waals surface area contributed by atoms with Gasteiger partial charge < -0.3 is 9.84 Å². The second-order valence-electron chi connectivity index (χ2n) is 10.8. The number of aliphatic hydroxyl groups excluding tert-OH is 1. The minimum absolute atomic E-state index is 0.0724. The molecule has 1 N–H and O–H groups in total. The van der Waals surface area contributed by atoms with Crippen molar-refractivity contribution in [2.75, 3.05) is 0 Å². The van der Waals surface area contributed by atoms with Gasteiger partial charge in [-0.05, 0) is 81.0 Å². The topological polar surface area (TPSA) is 49.8 Å². The highest BCUT2D eigenvalue weighted by atomic mass is 16.6. The quantitative estimate of drug-likeness (QED) is 0.731. The third-order valence-electron chi connectivity index (χ3n) is 9.84. The van der Waals surface area contributed by atoms with Crippen LogP contribution in [0.3, 0.4) is 0 Å². The van der Waals surface area contributed by atoms with Crippen molar-refractivity contribution in [2.45, 2.75) is 90.4 Å². The van der Waals surface area contributed by atoms with Crippen LogP contribution in [-0.4, -0.2) is 28.7 Å². The first-order valence-electron chi connectivity index (χ1n) is 10.6. The zero-order chi connectivity index (χ0) is 17.8. The van der Waals surface area contributed by atoms with Crippen LogP contribution in [0.4, 0.5) is 0 Å². The lowest BCUT2D eigenvalue weighted by atomic mass is 9.44. The van der Waals surface area contributed by atoms with Gasteiger partial charge in [-0.2, -0.15) is 0 Å². The molecule has 0 aromatic rings. The normalized spacial score (nSPS) is 62.4. The minimum atomic E-state index is -0.154. The lowest BCUT2D eigenvalue weighted by molar-refractivity contribution is -0.136. The molecule has 25 heavy (non-hydrogen) atoms. The Kier molecular flexibility index (Phi) is 3.28. The third kappa shape index (κ3) is 1.87. The second kappa shape index (κ2) is 4.90. The van der Waals surface area contributed by atoms with Gasteiger partial charge in [-0.15, -0.1) is 0 Å². The van der Waals surface area contributed by atoms with Gasteiger partial charge in [0.05, 0.1) is 12.2 Å². The van der Waals surface area contributed by atoms with Crippen molar-refractivity contribution in [3.8, 4) is 0 Å². The van der Waals surface area contributed by atoms with E-state index in [4.69, 9.17) is 4.74 Å². The largest absolute Gasteiger partial charge is 0.393 e. The van der Waals surface area contributed by atoms with Gasteiger partial charge in [0, 0.05) is 11.3 Å². The van der Waals surface area contributed by atoms with Crippen LogP contribution in [-0.2, 0) is 9.53 Å². The van der Waals surface area contributed by atoms with Crippen LogP contribution >= 0.6 is 0 Å². The molecule has 1 spiro atoms. The molecule has 0 radical (unpaired) electrons. The van der Waals surface area contributed by atoms with Crippen LogP contribution in [0.25, 0.3) is 0 Å². The maximum Gasteiger partial charge on any atom is 0.133 e. The summed E-state index contributed by atoms with van der Waals surface area (Å²) in [4.78, 5) is 12.4. The number of hydrogen-bond acceptors (Lipinski definition) is 3. The third-order valence-corrected chi connectivity index (χ3v) is 9.84. The molecule has 10 atom stereocenters. The Morgan fingerprint density at radius 3 is 2.64 bits per heavy atom. The van der Waals surface area contributed by atoms with Crippen LogP contribution in [0.2, 0.25) is 0 Å². The molecule has 4 saturated carbocycles. The highest BCUT2D eigenvalue weighted by Gasteiger charge is 2.76. The van der Waals surface area contributed by atoms with E-state index in [1.807, 2.05) is 6.92 Å². The van der Waals surface area contributed by atoms with E-state index in [2.05, 4.69) is 20.8 Å². The van der Waals surface area contributed by atoms with E-state index in [0.29, 0.717) is 35.6 Å². The molecule has 3 heteroatoms. The van der Waals surface area contributed by atoms with E-state index >= 15 is 0 Å². The Balaban J connectivity index is 1.53. The van der Waals surface area contributed by atoms with Crippen LogP contribution in [0.5, 0.6) is 0 Å². The maximum atomic E-state index is 12.4. The fraction of sp³-hybridized carbons (Fsp3) is 0.955. The van der Waals surface area contributed by atoms with Crippen LogP contribution in [0.15, 0.2) is 0 Å². The molecule has 5 fully saturated rings. The van der Waals surface area contributed by atoms with Crippen LogP contribution in [0.1, 0.15) is 72.6 Å². The van der Waals surface area contributed by atoms with E-state index in [0.717, 1.165) is 25.7 Å². The van der Waals surface area contributed by atoms with E-state index in [1.165, 1.54) is 19.3 Å². The van der Waals surface area contributed by atoms with Crippen molar-refractivity contribution < 1.29 is 14.6 Å². The lowest BCUT2D eigenvalue weighted by Crippen LogP contribution is -2.59. The van der Waals surface area contributed by atoms with Crippen molar-refractivity contribution in [3.05, 3.63) is 0 Å². The zero-order valence-electron chi connectivity index (χ0n) is 16.3. The standard InChI is InChI=1S/C22H34O3/c1-12-9-17(13(2)23)20(3)7-6-16-15(19(12)20)10-18-22(25-18)8-5-14(24)11-21(16,22)4/h12,14-19,24H,5-11H2,1-4H3/t12-,14-,15+,16-,17-,18-,19+,20+,21+,22-/m0/s1. The average Bonchev–Trinajstić information content (AvgIpc) is 3.16. The molecule has 0 bridgehead atoms. The SMILES string of the molecule is CC(=O)[C@@H]1C[C@H](C)[C@@H]2[C@@H]3C[C@@H]4O[C@@]45CC[C@H](O)C[C@]5(C)[C@H]3CC[C@@]21C. The molecule has 4 aliphatic carbocycles. The number of epoxide rings is 1. The van der Waals surface area contributed by atoms with Crippen LogP contribution in [0, 0.1) is 40.4 Å². The minimum Gasteiger partial charge on any atom is -0.393 e. The number of ketones is 1. The first-order valence-corrected chi connectivity index (χ1v) is 10.6. The Morgan fingerprint density at radius 1 is 1.16 bits per heavy atom. The molecule has 140 valence electrons. The summed E-state index contributed by atoms with van der Waals surface area (Å²) in [5.41, 5.74) is 0.390. The van der Waals surface area contributed by atoms with Crippen molar-refractivity contribution in [1.29, 1.82) is 0 Å². The lowest BCUT2D eigenvalue weighted by Gasteiger charge is -2.59. The first kappa shape index (κ1) is 16.7. The fourth-order valence-electron chi connectivity index (χ4n) is 8.91. The summed E-state index contributed by atoms with van der Waals surface area (Å²) >= 11 is 0. The molecular weight excluding hydrogens is 312 g/mol. The van der Waals surface area contributed by atoms with Gasteiger partial charge in [-0.25, -0.2) is 0 Å². The predicted molar refractivity (Wildman–Crippen MR) is 95.9 cm³/mol. The number of rotatable bonds is 1. The summed E-state index contributed by atoms with van der Waals surface area (Å²) in [6, 6.07) is 0. The van der Waals surface area contributed by atoms with E-state index < -0.39 is 0 Å². The van der Waals surface area contributed by atoms with E-state index in [1.54, 1.807) is 0 Å². The van der Waals surface area contributed by atoms with Crippen molar-refractivity contribution in [3.63, 3.8) is 0 Å². The Hall–Kier alpha value is -0.410. The van der Waals surface area contributed by atoms with Gasteiger partial charge in [-0.1, -0.05) is 20.8 Å². The summed E-state index contributed by atoms with van der Waals surface area (Å²) < 4.78 is 6.43.